The highest BCUT2D eigenvalue weighted by atomic mass is 16.5. The van der Waals surface area contributed by atoms with E-state index in [4.69, 9.17) is 4.74 Å². The predicted molar refractivity (Wildman–Crippen MR) is 92.8 cm³/mol. The molecule has 0 bridgehead atoms. The first-order valence-electron chi connectivity index (χ1n) is 8.94. The molecule has 0 aromatic heterocycles. The molecule has 1 nitrogen and oxygen atoms in total. The van der Waals surface area contributed by atoms with Gasteiger partial charge in [-0.25, -0.2) is 0 Å². The fourth-order valence-electron chi connectivity index (χ4n) is 2.53. The minimum absolute atomic E-state index is 0.660. The van der Waals surface area contributed by atoms with Crippen molar-refractivity contribution in [3.63, 3.8) is 0 Å². The first-order chi connectivity index (χ1) is 10.3. The number of hydrogen-bond donors (Lipinski definition) is 0. The van der Waals surface area contributed by atoms with E-state index < -0.39 is 0 Å². The molecule has 1 heteroatoms. The van der Waals surface area contributed by atoms with E-state index in [2.05, 4.69) is 45.0 Å². The number of rotatable bonds is 12. The molecule has 1 atom stereocenters. The normalized spacial score (nSPS) is 12.5. The first kappa shape index (κ1) is 18.2. The van der Waals surface area contributed by atoms with Crippen molar-refractivity contribution in [3.05, 3.63) is 35.4 Å². The van der Waals surface area contributed by atoms with Crippen LogP contribution in [0.3, 0.4) is 0 Å². The van der Waals surface area contributed by atoms with E-state index in [-0.39, 0.29) is 0 Å². The molecule has 0 aliphatic rings. The van der Waals surface area contributed by atoms with Crippen molar-refractivity contribution in [2.24, 2.45) is 0 Å². The van der Waals surface area contributed by atoms with E-state index in [0.29, 0.717) is 5.92 Å². The highest BCUT2D eigenvalue weighted by Gasteiger charge is 2.02. The summed E-state index contributed by atoms with van der Waals surface area (Å²) in [5.41, 5.74) is 2.73. The smallest absolute Gasteiger partial charge is 0.0716 e. The van der Waals surface area contributed by atoms with Crippen LogP contribution in [0.5, 0.6) is 0 Å². The van der Waals surface area contributed by atoms with Crippen LogP contribution < -0.4 is 0 Å². The van der Waals surface area contributed by atoms with Crippen LogP contribution in [0.2, 0.25) is 0 Å². The largest absolute Gasteiger partial charge is 0.377 e. The lowest BCUT2D eigenvalue weighted by molar-refractivity contribution is 0.116. The summed E-state index contributed by atoms with van der Waals surface area (Å²) >= 11 is 0. The van der Waals surface area contributed by atoms with Gasteiger partial charge >= 0.3 is 0 Å². The zero-order valence-corrected chi connectivity index (χ0v) is 14.4. The molecule has 0 aliphatic heterocycles. The third kappa shape index (κ3) is 8.26. The zero-order chi connectivity index (χ0) is 15.3. The second kappa shape index (κ2) is 11.8. The molecule has 0 heterocycles. The van der Waals surface area contributed by atoms with E-state index in [9.17, 15) is 0 Å². The van der Waals surface area contributed by atoms with Crippen LogP contribution in [0, 0.1) is 0 Å². The fraction of sp³-hybridized carbons (Fsp3) is 0.700. The summed E-state index contributed by atoms with van der Waals surface area (Å²) in [4.78, 5) is 0. The molecular weight excluding hydrogens is 256 g/mol. The number of unbranched alkanes of at least 4 members (excludes halogenated alkanes) is 6. The summed E-state index contributed by atoms with van der Waals surface area (Å²) in [6.07, 6.45) is 10.6. The molecule has 1 aromatic carbocycles. The van der Waals surface area contributed by atoms with Gasteiger partial charge in [-0.05, 0) is 29.9 Å². The van der Waals surface area contributed by atoms with E-state index in [1.54, 1.807) is 0 Å². The van der Waals surface area contributed by atoms with E-state index in [0.717, 1.165) is 13.2 Å². The number of benzene rings is 1. The Labute approximate surface area is 132 Å². The lowest BCUT2D eigenvalue weighted by Gasteiger charge is -2.10. The van der Waals surface area contributed by atoms with Gasteiger partial charge in [-0.3, -0.25) is 0 Å². The van der Waals surface area contributed by atoms with Crippen LogP contribution in [0.1, 0.15) is 89.2 Å². The van der Waals surface area contributed by atoms with E-state index in [1.807, 2.05) is 0 Å². The topological polar surface area (TPSA) is 9.23 Å². The van der Waals surface area contributed by atoms with Crippen LogP contribution in [-0.4, -0.2) is 6.61 Å². The Bertz CT molecular complexity index is 341. The van der Waals surface area contributed by atoms with Crippen molar-refractivity contribution in [2.45, 2.75) is 84.7 Å². The van der Waals surface area contributed by atoms with Gasteiger partial charge in [0.25, 0.3) is 0 Å². The maximum Gasteiger partial charge on any atom is 0.0716 e. The van der Waals surface area contributed by atoms with Gasteiger partial charge in [0.1, 0.15) is 0 Å². The monoisotopic (exact) mass is 290 g/mol. The maximum atomic E-state index is 5.77. The highest BCUT2D eigenvalue weighted by Crippen LogP contribution is 2.19. The van der Waals surface area contributed by atoms with Gasteiger partial charge in [0.2, 0.25) is 0 Å². The van der Waals surface area contributed by atoms with Crippen LogP contribution >= 0.6 is 0 Å². The molecule has 0 radical (unpaired) electrons. The molecule has 0 saturated carbocycles. The molecule has 0 amide bonds. The first-order valence-corrected chi connectivity index (χ1v) is 8.94. The average Bonchev–Trinajstić information content (AvgIpc) is 2.53. The van der Waals surface area contributed by atoms with Gasteiger partial charge < -0.3 is 4.74 Å². The predicted octanol–water partition coefficient (Wildman–Crippen LogP) is 6.47. The SMILES string of the molecule is CCCCCCCCCOCc1ccc(C(C)CC)cc1. The molecule has 1 rings (SSSR count). The molecule has 21 heavy (non-hydrogen) atoms. The third-order valence-electron chi connectivity index (χ3n) is 4.32. The molecule has 0 aliphatic carbocycles. The van der Waals surface area contributed by atoms with Crippen LogP contribution in [0.25, 0.3) is 0 Å². The van der Waals surface area contributed by atoms with Gasteiger partial charge in [0, 0.05) is 6.61 Å². The third-order valence-corrected chi connectivity index (χ3v) is 4.32. The Morgan fingerprint density at radius 3 is 2.10 bits per heavy atom. The van der Waals surface area contributed by atoms with Crippen molar-refractivity contribution in [3.8, 4) is 0 Å². The summed E-state index contributed by atoms with van der Waals surface area (Å²) in [7, 11) is 0. The van der Waals surface area contributed by atoms with E-state index >= 15 is 0 Å². The minimum atomic E-state index is 0.660. The van der Waals surface area contributed by atoms with Gasteiger partial charge in [0.05, 0.1) is 6.61 Å². The summed E-state index contributed by atoms with van der Waals surface area (Å²) in [5.74, 6) is 0.660. The molecule has 120 valence electrons. The zero-order valence-electron chi connectivity index (χ0n) is 14.4. The molecular formula is C20H34O. The molecule has 1 unspecified atom stereocenters. The summed E-state index contributed by atoms with van der Waals surface area (Å²) in [5, 5.41) is 0. The summed E-state index contributed by atoms with van der Waals surface area (Å²) in [6, 6.07) is 8.93. The molecule has 0 spiro atoms. The second-order valence-corrected chi connectivity index (χ2v) is 6.22. The Morgan fingerprint density at radius 2 is 1.48 bits per heavy atom. The van der Waals surface area contributed by atoms with Crippen molar-refractivity contribution in [1.29, 1.82) is 0 Å². The molecule has 0 fully saturated rings. The van der Waals surface area contributed by atoms with Crippen molar-refractivity contribution < 1.29 is 4.74 Å². The lowest BCUT2D eigenvalue weighted by atomic mass is 9.98. The summed E-state index contributed by atoms with van der Waals surface area (Å²) < 4.78 is 5.77. The maximum absolute atomic E-state index is 5.77. The minimum Gasteiger partial charge on any atom is -0.377 e. The number of ether oxygens (including phenoxy) is 1. The Balaban J connectivity index is 2.05. The lowest BCUT2D eigenvalue weighted by Crippen LogP contribution is -1.97. The van der Waals surface area contributed by atoms with Gasteiger partial charge in [-0.2, -0.15) is 0 Å². The van der Waals surface area contributed by atoms with Gasteiger partial charge in [-0.1, -0.05) is 83.6 Å². The Morgan fingerprint density at radius 1 is 0.857 bits per heavy atom. The van der Waals surface area contributed by atoms with Gasteiger partial charge in [0.15, 0.2) is 0 Å². The second-order valence-electron chi connectivity index (χ2n) is 6.22. The standard InChI is InChI=1S/C20H34O/c1-4-6-7-8-9-10-11-16-21-17-19-12-14-20(15-13-19)18(3)5-2/h12-15,18H,4-11,16-17H2,1-3H3. The van der Waals surface area contributed by atoms with E-state index in [1.165, 1.54) is 62.5 Å². The van der Waals surface area contributed by atoms with Crippen molar-refractivity contribution >= 4 is 0 Å². The van der Waals surface area contributed by atoms with Crippen LogP contribution in [-0.2, 0) is 11.3 Å². The van der Waals surface area contributed by atoms with Crippen molar-refractivity contribution in [1.82, 2.24) is 0 Å². The fourth-order valence-corrected chi connectivity index (χ4v) is 2.53. The quantitative estimate of drug-likeness (QED) is 0.401. The molecule has 0 saturated heterocycles. The number of hydrogen-bond acceptors (Lipinski definition) is 1. The van der Waals surface area contributed by atoms with Gasteiger partial charge in [-0.15, -0.1) is 0 Å². The summed E-state index contributed by atoms with van der Waals surface area (Å²) in [6.45, 7) is 8.46. The molecule has 1 aromatic rings. The average molecular weight is 290 g/mol. The van der Waals surface area contributed by atoms with Crippen molar-refractivity contribution in [2.75, 3.05) is 6.61 Å². The van der Waals surface area contributed by atoms with Crippen LogP contribution in [0.15, 0.2) is 24.3 Å². The Hall–Kier alpha value is -0.820. The highest BCUT2D eigenvalue weighted by molar-refractivity contribution is 5.24. The molecule has 0 N–H and O–H groups in total. The van der Waals surface area contributed by atoms with Crippen LogP contribution in [0.4, 0.5) is 0 Å². The Kier molecular flexibility index (Phi) is 10.2.